The Morgan fingerprint density at radius 2 is 2.15 bits per heavy atom. The molecule has 2 N–H and O–H groups in total. The molecule has 0 aliphatic carbocycles. The third-order valence-corrected chi connectivity index (χ3v) is 4.38. The Hall–Kier alpha value is -3.07. The van der Waals surface area contributed by atoms with E-state index in [1.165, 1.54) is 10.7 Å². The Morgan fingerprint density at radius 1 is 1.31 bits per heavy atom. The molecule has 3 heterocycles. The van der Waals surface area contributed by atoms with Gasteiger partial charge in [-0.1, -0.05) is 5.21 Å². The lowest BCUT2D eigenvalue weighted by Crippen LogP contribution is -2.29. The van der Waals surface area contributed by atoms with Gasteiger partial charge in [0.05, 0.1) is 12.2 Å². The second-order valence-corrected chi connectivity index (χ2v) is 6.14. The summed E-state index contributed by atoms with van der Waals surface area (Å²) in [7, 11) is 0. The molecule has 26 heavy (non-hydrogen) atoms. The van der Waals surface area contributed by atoms with Crippen molar-refractivity contribution in [1.29, 1.82) is 0 Å². The molecule has 0 radical (unpaired) electrons. The summed E-state index contributed by atoms with van der Waals surface area (Å²) in [6, 6.07) is 6.39. The van der Waals surface area contributed by atoms with Gasteiger partial charge in [0.25, 0.3) is 5.91 Å². The smallest absolute Gasteiger partial charge is 0.277 e. The van der Waals surface area contributed by atoms with Gasteiger partial charge in [-0.25, -0.2) is 13.8 Å². The van der Waals surface area contributed by atoms with Crippen molar-refractivity contribution < 1.29 is 9.18 Å². The van der Waals surface area contributed by atoms with Crippen molar-refractivity contribution in [2.24, 2.45) is 0 Å². The van der Waals surface area contributed by atoms with Crippen LogP contribution in [0.5, 0.6) is 0 Å². The van der Waals surface area contributed by atoms with Crippen molar-refractivity contribution in [3.8, 4) is 5.69 Å². The molecular weight excluding hydrogens is 337 g/mol. The molecular formula is C17H18FN7O. The van der Waals surface area contributed by atoms with Gasteiger partial charge >= 0.3 is 0 Å². The zero-order valence-electron chi connectivity index (χ0n) is 14.0. The minimum Gasteiger partial charge on any atom is -0.320 e. The fourth-order valence-corrected chi connectivity index (χ4v) is 3.01. The first-order valence-corrected chi connectivity index (χ1v) is 8.44. The predicted molar refractivity (Wildman–Crippen MR) is 92.6 cm³/mol. The van der Waals surface area contributed by atoms with Gasteiger partial charge in [0, 0.05) is 18.1 Å². The standard InChI is InChI=1S/C17H18FN7O/c18-14-10-12(2-3-16(14)24-9-1-6-20-24)21-17(26)15-11-25(23-22-15)13-4-7-19-8-5-13/h1-3,6,9-11,13,19H,4-5,7-8H2,(H,21,26). The quantitative estimate of drug-likeness (QED) is 0.745. The Labute approximate surface area is 149 Å². The van der Waals surface area contributed by atoms with Crippen LogP contribution in [0.4, 0.5) is 10.1 Å². The number of aromatic nitrogens is 5. The van der Waals surface area contributed by atoms with Crippen LogP contribution in [0.3, 0.4) is 0 Å². The van der Waals surface area contributed by atoms with Crippen molar-refractivity contribution in [2.45, 2.75) is 18.9 Å². The van der Waals surface area contributed by atoms with Crippen LogP contribution in [0, 0.1) is 5.82 Å². The number of carbonyl (C=O) groups excluding carboxylic acids is 1. The molecule has 0 spiro atoms. The third kappa shape index (κ3) is 3.33. The average molecular weight is 355 g/mol. The summed E-state index contributed by atoms with van der Waals surface area (Å²) in [6.45, 7) is 1.85. The van der Waals surface area contributed by atoms with E-state index in [1.807, 2.05) is 0 Å². The summed E-state index contributed by atoms with van der Waals surface area (Å²) in [5, 5.41) is 17.9. The number of anilines is 1. The van der Waals surface area contributed by atoms with Crippen LogP contribution in [0.15, 0.2) is 42.9 Å². The minimum atomic E-state index is -0.482. The number of amides is 1. The zero-order valence-corrected chi connectivity index (χ0v) is 14.0. The highest BCUT2D eigenvalue weighted by molar-refractivity contribution is 6.02. The van der Waals surface area contributed by atoms with Crippen LogP contribution in [0.1, 0.15) is 29.4 Å². The van der Waals surface area contributed by atoms with Crippen LogP contribution in [-0.2, 0) is 0 Å². The number of carbonyl (C=O) groups is 1. The SMILES string of the molecule is O=C(Nc1ccc(-n2cccn2)c(F)c1)c1cn(C2CCNCC2)nn1. The molecule has 9 heteroatoms. The lowest BCUT2D eigenvalue weighted by atomic mass is 10.1. The number of nitrogens with one attached hydrogen (secondary N) is 2. The molecule has 0 bridgehead atoms. The minimum absolute atomic E-state index is 0.208. The van der Waals surface area contributed by atoms with E-state index in [9.17, 15) is 9.18 Å². The normalized spacial score (nSPS) is 15.1. The summed E-state index contributed by atoms with van der Waals surface area (Å²) >= 11 is 0. The number of rotatable bonds is 4. The highest BCUT2D eigenvalue weighted by Gasteiger charge is 2.19. The number of benzene rings is 1. The summed E-state index contributed by atoms with van der Waals surface area (Å²) in [6.07, 6.45) is 6.76. The van der Waals surface area contributed by atoms with Crippen molar-refractivity contribution in [3.63, 3.8) is 0 Å². The van der Waals surface area contributed by atoms with Gasteiger partial charge < -0.3 is 10.6 Å². The summed E-state index contributed by atoms with van der Waals surface area (Å²) < 4.78 is 17.4. The molecule has 1 aromatic carbocycles. The fraction of sp³-hybridized carbons (Fsp3) is 0.294. The lowest BCUT2D eigenvalue weighted by Gasteiger charge is -2.22. The van der Waals surface area contributed by atoms with E-state index >= 15 is 0 Å². The molecule has 8 nitrogen and oxygen atoms in total. The Balaban J connectivity index is 1.46. The monoisotopic (exact) mass is 355 g/mol. The largest absolute Gasteiger partial charge is 0.320 e. The van der Waals surface area contributed by atoms with Gasteiger partial charge in [-0.2, -0.15) is 5.10 Å². The molecule has 1 aliphatic rings. The van der Waals surface area contributed by atoms with Gasteiger partial charge in [-0.05, 0) is 50.2 Å². The molecule has 1 aliphatic heterocycles. The van der Waals surface area contributed by atoms with Crippen LogP contribution >= 0.6 is 0 Å². The van der Waals surface area contributed by atoms with Crippen LogP contribution in [0.25, 0.3) is 5.69 Å². The maximum Gasteiger partial charge on any atom is 0.277 e. The first-order valence-electron chi connectivity index (χ1n) is 8.44. The summed E-state index contributed by atoms with van der Waals surface area (Å²) in [5.74, 6) is -0.902. The van der Waals surface area contributed by atoms with Gasteiger partial charge in [0.2, 0.25) is 0 Å². The van der Waals surface area contributed by atoms with Gasteiger partial charge in [-0.3, -0.25) is 4.79 Å². The molecule has 2 aromatic heterocycles. The molecule has 134 valence electrons. The van der Waals surface area contributed by atoms with E-state index in [4.69, 9.17) is 0 Å². The summed E-state index contributed by atoms with van der Waals surface area (Å²) in [5.41, 5.74) is 0.866. The third-order valence-electron chi connectivity index (χ3n) is 4.38. The molecule has 0 atom stereocenters. The maximum atomic E-state index is 14.3. The highest BCUT2D eigenvalue weighted by atomic mass is 19.1. The predicted octanol–water partition coefficient (Wildman–Crippen LogP) is 1.78. The fourth-order valence-electron chi connectivity index (χ4n) is 3.01. The second kappa shape index (κ2) is 7.04. The topological polar surface area (TPSA) is 89.7 Å². The van der Waals surface area contributed by atoms with Crippen LogP contribution < -0.4 is 10.6 Å². The van der Waals surface area contributed by atoms with Crippen molar-refractivity contribution in [2.75, 3.05) is 18.4 Å². The highest BCUT2D eigenvalue weighted by Crippen LogP contribution is 2.19. The second-order valence-electron chi connectivity index (χ2n) is 6.14. The van der Waals surface area contributed by atoms with E-state index < -0.39 is 11.7 Å². The number of nitrogens with zero attached hydrogens (tertiary/aromatic N) is 5. The first-order chi connectivity index (χ1) is 12.7. The zero-order chi connectivity index (χ0) is 17.9. The number of hydrogen-bond acceptors (Lipinski definition) is 5. The van der Waals surface area contributed by atoms with E-state index in [2.05, 4.69) is 26.0 Å². The van der Waals surface area contributed by atoms with Crippen LogP contribution in [0.2, 0.25) is 0 Å². The number of halogens is 1. The molecule has 1 fully saturated rings. The van der Waals surface area contributed by atoms with E-state index in [1.54, 1.807) is 41.5 Å². The van der Waals surface area contributed by atoms with Crippen molar-refractivity contribution >= 4 is 11.6 Å². The Morgan fingerprint density at radius 3 is 2.88 bits per heavy atom. The Kier molecular flexibility index (Phi) is 4.44. The molecule has 1 amide bonds. The van der Waals surface area contributed by atoms with Gasteiger partial charge in [0.1, 0.15) is 5.69 Å². The lowest BCUT2D eigenvalue weighted by molar-refractivity contribution is 0.102. The van der Waals surface area contributed by atoms with Crippen LogP contribution in [-0.4, -0.2) is 43.8 Å². The number of piperidine rings is 1. The molecule has 3 aromatic rings. The van der Waals surface area contributed by atoms with Gasteiger partial charge in [-0.15, -0.1) is 5.10 Å². The Bertz CT molecular complexity index is 900. The molecule has 0 saturated carbocycles. The summed E-state index contributed by atoms with van der Waals surface area (Å²) in [4.78, 5) is 12.4. The van der Waals surface area contributed by atoms with E-state index in [0.717, 1.165) is 25.9 Å². The number of hydrogen-bond donors (Lipinski definition) is 2. The maximum absolute atomic E-state index is 14.3. The molecule has 0 unspecified atom stereocenters. The van der Waals surface area contributed by atoms with Gasteiger partial charge in [0.15, 0.2) is 11.5 Å². The molecule has 4 rings (SSSR count). The van der Waals surface area contributed by atoms with E-state index in [0.29, 0.717) is 11.4 Å². The van der Waals surface area contributed by atoms with Crippen molar-refractivity contribution in [1.82, 2.24) is 30.1 Å². The average Bonchev–Trinajstić information content (AvgIpc) is 3.35. The molecule has 1 saturated heterocycles. The first kappa shape index (κ1) is 16.4. The van der Waals surface area contributed by atoms with Crippen molar-refractivity contribution in [3.05, 3.63) is 54.4 Å². The van der Waals surface area contributed by atoms with E-state index in [-0.39, 0.29) is 11.7 Å².